The van der Waals surface area contributed by atoms with E-state index in [2.05, 4.69) is 50.4 Å². The van der Waals surface area contributed by atoms with Crippen LogP contribution in [-0.2, 0) is 26.0 Å². The summed E-state index contributed by atoms with van der Waals surface area (Å²) in [5.41, 5.74) is 4.29. The van der Waals surface area contributed by atoms with Gasteiger partial charge in [-0.25, -0.2) is 12.7 Å². The van der Waals surface area contributed by atoms with Gasteiger partial charge in [0.1, 0.15) is 0 Å². The molecule has 32 heavy (non-hydrogen) atoms. The van der Waals surface area contributed by atoms with Gasteiger partial charge in [-0.2, -0.15) is 0 Å². The maximum Gasteiger partial charge on any atom is 0.223 e. The van der Waals surface area contributed by atoms with Gasteiger partial charge in [0.05, 0.1) is 11.8 Å². The number of nitrogens with one attached hydrogen (secondary N) is 1. The zero-order chi connectivity index (χ0) is 23.5. The molecule has 0 radical (unpaired) electrons. The second-order valence-corrected chi connectivity index (χ2v) is 12.0. The molecule has 0 bridgehead atoms. The van der Waals surface area contributed by atoms with Gasteiger partial charge in [0.15, 0.2) is 0 Å². The highest BCUT2D eigenvalue weighted by Gasteiger charge is 2.31. The van der Waals surface area contributed by atoms with Crippen molar-refractivity contribution in [1.82, 2.24) is 9.62 Å². The Kier molecular flexibility index (Phi) is 7.46. The molecule has 1 amide bonds. The summed E-state index contributed by atoms with van der Waals surface area (Å²) in [5, 5.41) is 3.12. The van der Waals surface area contributed by atoms with Crippen LogP contribution in [0.4, 0.5) is 0 Å². The number of hydrogen-bond acceptors (Lipinski definition) is 3. The predicted molar refractivity (Wildman–Crippen MR) is 130 cm³/mol. The fraction of sp³-hybridized carbons (Fsp3) is 0.500. The summed E-state index contributed by atoms with van der Waals surface area (Å²) in [4.78, 5) is 12.8. The van der Waals surface area contributed by atoms with Crippen LogP contribution in [0.25, 0.3) is 0 Å². The van der Waals surface area contributed by atoms with Crippen LogP contribution < -0.4 is 5.32 Å². The summed E-state index contributed by atoms with van der Waals surface area (Å²) < 4.78 is 27.2. The SMILES string of the molecule is Cc1cccc(CS(=O)(=O)N2CCC(C(=O)NC(C)c3ccc(C(C)(C)C)cc3)CC2)c1. The van der Waals surface area contributed by atoms with Gasteiger partial charge in [-0.3, -0.25) is 4.79 Å². The Morgan fingerprint density at radius 1 is 1.09 bits per heavy atom. The lowest BCUT2D eigenvalue weighted by molar-refractivity contribution is -0.126. The standard InChI is InChI=1S/C26H36N2O3S/c1-19-7-6-8-21(17-19)18-32(30,31)28-15-13-23(14-16-28)25(29)27-20(2)22-9-11-24(12-10-22)26(3,4)5/h6-12,17,20,23H,13-16,18H2,1-5H3,(H,27,29). The van der Waals surface area contributed by atoms with Crippen molar-refractivity contribution >= 4 is 15.9 Å². The first-order chi connectivity index (χ1) is 15.0. The molecule has 174 valence electrons. The van der Waals surface area contributed by atoms with E-state index in [4.69, 9.17) is 0 Å². The van der Waals surface area contributed by atoms with Crippen molar-refractivity contribution in [2.45, 2.75) is 64.7 Å². The van der Waals surface area contributed by atoms with Crippen LogP contribution in [0.1, 0.15) is 68.8 Å². The Labute approximate surface area is 193 Å². The predicted octanol–water partition coefficient (Wildman–Crippen LogP) is 4.71. The van der Waals surface area contributed by atoms with Crippen molar-refractivity contribution in [3.05, 3.63) is 70.8 Å². The molecule has 1 N–H and O–H groups in total. The molecular formula is C26H36N2O3S. The molecule has 2 aromatic rings. The molecule has 1 aliphatic heterocycles. The average Bonchev–Trinajstić information content (AvgIpc) is 2.73. The Hall–Kier alpha value is -2.18. The minimum absolute atomic E-state index is 0.00708. The number of hydrogen-bond donors (Lipinski definition) is 1. The monoisotopic (exact) mass is 456 g/mol. The first-order valence-electron chi connectivity index (χ1n) is 11.4. The fourth-order valence-electron chi connectivity index (χ4n) is 4.19. The normalized spacial score (nSPS) is 17.2. The Bertz CT molecular complexity index is 1030. The van der Waals surface area contributed by atoms with Gasteiger partial charge in [-0.1, -0.05) is 74.9 Å². The van der Waals surface area contributed by atoms with Crippen molar-refractivity contribution in [2.24, 2.45) is 5.92 Å². The molecule has 5 nitrogen and oxygen atoms in total. The van der Waals surface area contributed by atoms with E-state index in [9.17, 15) is 13.2 Å². The molecule has 1 aliphatic rings. The molecule has 0 saturated carbocycles. The maximum absolute atomic E-state index is 12.8. The van der Waals surface area contributed by atoms with E-state index in [1.54, 1.807) is 0 Å². The van der Waals surface area contributed by atoms with E-state index in [1.807, 2.05) is 38.1 Å². The number of rotatable bonds is 6. The first kappa shape index (κ1) is 24.5. The zero-order valence-corrected chi connectivity index (χ0v) is 20.7. The van der Waals surface area contributed by atoms with E-state index >= 15 is 0 Å². The average molecular weight is 457 g/mol. The van der Waals surface area contributed by atoms with Crippen LogP contribution in [0.2, 0.25) is 0 Å². The van der Waals surface area contributed by atoms with Gasteiger partial charge in [0.2, 0.25) is 15.9 Å². The van der Waals surface area contributed by atoms with Crippen molar-refractivity contribution in [3.8, 4) is 0 Å². The lowest BCUT2D eigenvalue weighted by Crippen LogP contribution is -2.43. The summed E-state index contributed by atoms with van der Waals surface area (Å²) >= 11 is 0. The van der Waals surface area contributed by atoms with Crippen LogP contribution in [0.5, 0.6) is 0 Å². The van der Waals surface area contributed by atoms with Gasteiger partial charge in [-0.05, 0) is 48.8 Å². The minimum Gasteiger partial charge on any atom is -0.349 e. The van der Waals surface area contributed by atoms with Gasteiger partial charge in [0, 0.05) is 19.0 Å². The van der Waals surface area contributed by atoms with Gasteiger partial charge >= 0.3 is 0 Å². The summed E-state index contributed by atoms with van der Waals surface area (Å²) in [6.45, 7) is 11.3. The molecule has 0 aromatic heterocycles. The number of benzene rings is 2. The molecule has 3 rings (SSSR count). The molecule has 1 unspecified atom stereocenters. The lowest BCUT2D eigenvalue weighted by Gasteiger charge is -2.31. The van der Waals surface area contributed by atoms with Gasteiger partial charge in [0.25, 0.3) is 0 Å². The zero-order valence-electron chi connectivity index (χ0n) is 19.9. The van der Waals surface area contributed by atoms with Crippen LogP contribution in [0.15, 0.2) is 48.5 Å². The number of aryl methyl sites for hydroxylation is 1. The van der Waals surface area contributed by atoms with E-state index in [0.29, 0.717) is 25.9 Å². The molecule has 0 spiro atoms. The molecule has 1 heterocycles. The Morgan fingerprint density at radius 2 is 1.72 bits per heavy atom. The van der Waals surface area contributed by atoms with E-state index in [1.165, 1.54) is 9.87 Å². The minimum atomic E-state index is -3.38. The van der Waals surface area contributed by atoms with Crippen molar-refractivity contribution < 1.29 is 13.2 Å². The summed E-state index contributed by atoms with van der Waals surface area (Å²) in [7, 11) is -3.38. The van der Waals surface area contributed by atoms with E-state index in [-0.39, 0.29) is 29.0 Å². The summed E-state index contributed by atoms with van der Waals surface area (Å²) in [5.74, 6) is -0.141. The molecule has 1 fully saturated rings. The smallest absolute Gasteiger partial charge is 0.223 e. The van der Waals surface area contributed by atoms with Crippen LogP contribution in [-0.4, -0.2) is 31.7 Å². The number of amides is 1. The van der Waals surface area contributed by atoms with Gasteiger partial charge < -0.3 is 5.32 Å². The fourth-order valence-corrected chi connectivity index (χ4v) is 5.74. The topological polar surface area (TPSA) is 66.5 Å². The van der Waals surface area contributed by atoms with Gasteiger partial charge in [-0.15, -0.1) is 0 Å². The van der Waals surface area contributed by atoms with E-state index in [0.717, 1.165) is 16.7 Å². The number of piperidine rings is 1. The molecule has 1 saturated heterocycles. The maximum atomic E-state index is 12.8. The largest absolute Gasteiger partial charge is 0.349 e. The Morgan fingerprint density at radius 3 is 2.28 bits per heavy atom. The third kappa shape index (κ3) is 6.20. The first-order valence-corrected chi connectivity index (χ1v) is 13.0. The molecule has 1 atom stereocenters. The molecule has 2 aromatic carbocycles. The van der Waals surface area contributed by atoms with Crippen LogP contribution >= 0.6 is 0 Å². The number of nitrogens with zero attached hydrogens (tertiary/aromatic N) is 1. The second-order valence-electron chi connectivity index (χ2n) is 10.0. The third-order valence-corrected chi connectivity index (χ3v) is 8.14. The highest BCUT2D eigenvalue weighted by atomic mass is 32.2. The number of carbonyl (C=O) groups excluding carboxylic acids is 1. The van der Waals surface area contributed by atoms with Crippen LogP contribution in [0.3, 0.4) is 0 Å². The lowest BCUT2D eigenvalue weighted by atomic mass is 9.86. The summed E-state index contributed by atoms with van der Waals surface area (Å²) in [6, 6.07) is 15.9. The quantitative estimate of drug-likeness (QED) is 0.684. The Balaban J connectivity index is 1.53. The summed E-state index contributed by atoms with van der Waals surface area (Å²) in [6.07, 6.45) is 1.10. The molecule has 0 aliphatic carbocycles. The number of sulfonamides is 1. The van der Waals surface area contributed by atoms with Crippen LogP contribution in [0, 0.1) is 12.8 Å². The third-order valence-electron chi connectivity index (χ3n) is 6.29. The van der Waals surface area contributed by atoms with E-state index < -0.39 is 10.0 Å². The highest BCUT2D eigenvalue weighted by Crippen LogP contribution is 2.26. The van der Waals surface area contributed by atoms with Crippen molar-refractivity contribution in [1.29, 1.82) is 0 Å². The highest BCUT2D eigenvalue weighted by molar-refractivity contribution is 7.88. The second kappa shape index (κ2) is 9.75. The molecule has 6 heteroatoms. The molecular weight excluding hydrogens is 420 g/mol. The van der Waals surface area contributed by atoms with Crippen molar-refractivity contribution in [3.63, 3.8) is 0 Å². The number of carbonyl (C=O) groups is 1. The van der Waals surface area contributed by atoms with Crippen molar-refractivity contribution in [2.75, 3.05) is 13.1 Å².